The second-order valence-corrected chi connectivity index (χ2v) is 9.42. The van der Waals surface area contributed by atoms with E-state index in [2.05, 4.69) is 15.9 Å². The first kappa shape index (κ1) is 21.6. The zero-order valence-electron chi connectivity index (χ0n) is 15.2. The molecule has 0 saturated carbocycles. The van der Waals surface area contributed by atoms with E-state index < -0.39 is 0 Å². The highest BCUT2D eigenvalue weighted by Crippen LogP contribution is 2.33. The molecule has 1 aliphatic heterocycles. The molecule has 0 aliphatic carbocycles. The summed E-state index contributed by atoms with van der Waals surface area (Å²) in [7, 11) is 1.61. The van der Waals surface area contributed by atoms with Crippen LogP contribution in [0.3, 0.4) is 0 Å². The van der Waals surface area contributed by atoms with E-state index in [0.29, 0.717) is 35.5 Å². The maximum Gasteiger partial charge on any atom is 0.242 e. The van der Waals surface area contributed by atoms with Crippen LogP contribution in [0.4, 0.5) is 0 Å². The molecule has 2 aromatic carbocycles. The third kappa shape index (κ3) is 5.48. The topological polar surface area (TPSA) is 38.8 Å². The quantitative estimate of drug-likeness (QED) is 0.472. The van der Waals surface area contributed by atoms with Crippen LogP contribution < -0.4 is 4.74 Å². The molecule has 0 aromatic heterocycles. The predicted molar refractivity (Wildman–Crippen MR) is 121 cm³/mol. The van der Waals surface area contributed by atoms with E-state index in [1.807, 2.05) is 42.5 Å². The Kier molecular flexibility index (Phi) is 7.77. The molecule has 1 amide bonds. The number of ether oxygens (including phenoxy) is 2. The van der Waals surface area contributed by atoms with Gasteiger partial charge in [0, 0.05) is 16.6 Å². The van der Waals surface area contributed by atoms with Crippen LogP contribution in [0.2, 0.25) is 5.02 Å². The summed E-state index contributed by atoms with van der Waals surface area (Å²) in [5, 5.41) is 0.440. The van der Waals surface area contributed by atoms with Crippen molar-refractivity contribution in [3.8, 4) is 5.75 Å². The van der Waals surface area contributed by atoms with Crippen LogP contribution in [0.15, 0.2) is 46.9 Å². The summed E-state index contributed by atoms with van der Waals surface area (Å²) in [6, 6.07) is 13.4. The Hall–Kier alpha value is -1.12. The number of thiocarbonyl (C=S) groups is 1. The minimum Gasteiger partial charge on any atom is -0.489 e. The molecule has 1 fully saturated rings. The van der Waals surface area contributed by atoms with Gasteiger partial charge in [-0.15, -0.1) is 0 Å². The number of benzene rings is 2. The van der Waals surface area contributed by atoms with Gasteiger partial charge in [0.1, 0.15) is 16.7 Å². The number of rotatable bonds is 8. The van der Waals surface area contributed by atoms with E-state index in [4.69, 9.17) is 33.3 Å². The number of carbonyl (C=O) groups is 1. The van der Waals surface area contributed by atoms with Gasteiger partial charge in [0.05, 0.1) is 18.4 Å². The molecule has 148 valence electrons. The van der Waals surface area contributed by atoms with Crippen molar-refractivity contribution < 1.29 is 14.3 Å². The SMILES string of the molecule is COCCN1C(=O)[C@@H](Cc2cc(Br)ccc2OCc2ccc(Cl)cc2)SC1=S. The zero-order valence-corrected chi connectivity index (χ0v) is 19.2. The standard InChI is InChI=1S/C20H19BrClNO3S2/c1-25-9-8-23-19(24)18(28-20(23)27)11-14-10-15(21)4-7-17(14)26-12-13-2-5-16(22)6-3-13/h2-7,10,18H,8-9,11-12H2,1H3/t18-/m1/s1. The van der Waals surface area contributed by atoms with Gasteiger partial charge in [-0.2, -0.15) is 0 Å². The lowest BCUT2D eigenvalue weighted by molar-refractivity contribution is -0.126. The fourth-order valence-corrected chi connectivity index (χ4v) is 4.91. The lowest BCUT2D eigenvalue weighted by Crippen LogP contribution is -2.34. The number of hydrogen-bond acceptors (Lipinski definition) is 5. The summed E-state index contributed by atoms with van der Waals surface area (Å²) in [6.07, 6.45) is 0.544. The molecule has 1 atom stereocenters. The normalized spacial score (nSPS) is 16.7. The summed E-state index contributed by atoms with van der Waals surface area (Å²) in [6.45, 7) is 1.37. The minimum absolute atomic E-state index is 0.0238. The summed E-state index contributed by atoms with van der Waals surface area (Å²) >= 11 is 16.2. The molecule has 0 bridgehead atoms. The van der Waals surface area contributed by atoms with E-state index in [-0.39, 0.29) is 11.2 Å². The molecule has 0 N–H and O–H groups in total. The van der Waals surface area contributed by atoms with Crippen LogP contribution >= 0.6 is 51.5 Å². The van der Waals surface area contributed by atoms with Gasteiger partial charge in [-0.25, -0.2) is 0 Å². The Bertz CT molecular complexity index is 863. The van der Waals surface area contributed by atoms with Crippen molar-refractivity contribution >= 4 is 61.7 Å². The molecule has 4 nitrogen and oxygen atoms in total. The lowest BCUT2D eigenvalue weighted by atomic mass is 10.1. The summed E-state index contributed by atoms with van der Waals surface area (Å²) in [5.41, 5.74) is 1.99. The van der Waals surface area contributed by atoms with Crippen LogP contribution in [0.1, 0.15) is 11.1 Å². The lowest BCUT2D eigenvalue weighted by Gasteiger charge is -2.16. The van der Waals surface area contributed by atoms with Crippen molar-refractivity contribution in [1.82, 2.24) is 4.90 Å². The first-order chi connectivity index (χ1) is 13.5. The largest absolute Gasteiger partial charge is 0.489 e. The van der Waals surface area contributed by atoms with E-state index in [0.717, 1.165) is 21.3 Å². The highest BCUT2D eigenvalue weighted by atomic mass is 79.9. The third-order valence-electron chi connectivity index (χ3n) is 4.26. The number of hydrogen-bond donors (Lipinski definition) is 0. The Morgan fingerprint density at radius 1 is 1.25 bits per heavy atom. The van der Waals surface area contributed by atoms with Crippen molar-refractivity contribution in [3.63, 3.8) is 0 Å². The van der Waals surface area contributed by atoms with E-state index in [1.165, 1.54) is 11.8 Å². The minimum atomic E-state index is -0.253. The van der Waals surface area contributed by atoms with Crippen molar-refractivity contribution in [2.24, 2.45) is 0 Å². The van der Waals surface area contributed by atoms with Gasteiger partial charge in [-0.05, 0) is 47.9 Å². The number of nitrogens with zero attached hydrogens (tertiary/aromatic N) is 1. The van der Waals surface area contributed by atoms with Gasteiger partial charge in [0.15, 0.2) is 0 Å². The average Bonchev–Trinajstić information content (AvgIpc) is 2.94. The van der Waals surface area contributed by atoms with Gasteiger partial charge in [0.2, 0.25) is 5.91 Å². The molecule has 1 heterocycles. The van der Waals surface area contributed by atoms with Crippen molar-refractivity contribution in [2.75, 3.05) is 20.3 Å². The molecule has 2 aromatic rings. The number of halogens is 2. The second kappa shape index (κ2) is 10.1. The van der Waals surface area contributed by atoms with Crippen LogP contribution in [-0.4, -0.2) is 40.6 Å². The molecule has 0 unspecified atom stereocenters. The van der Waals surface area contributed by atoms with Crippen molar-refractivity contribution in [3.05, 3.63) is 63.1 Å². The Labute approximate surface area is 187 Å². The average molecular weight is 501 g/mol. The number of amides is 1. The van der Waals surface area contributed by atoms with Crippen LogP contribution in [-0.2, 0) is 22.6 Å². The summed E-state index contributed by atoms with van der Waals surface area (Å²) in [5.74, 6) is 0.781. The highest BCUT2D eigenvalue weighted by Gasteiger charge is 2.37. The molecule has 8 heteroatoms. The zero-order chi connectivity index (χ0) is 20.1. The monoisotopic (exact) mass is 499 g/mol. The van der Waals surface area contributed by atoms with Gasteiger partial charge >= 0.3 is 0 Å². The van der Waals surface area contributed by atoms with Gasteiger partial charge in [-0.3, -0.25) is 9.69 Å². The molecular formula is C20H19BrClNO3S2. The number of methoxy groups -OCH3 is 1. The second-order valence-electron chi connectivity index (χ2n) is 6.23. The number of carbonyl (C=O) groups excluding carboxylic acids is 1. The third-order valence-corrected chi connectivity index (χ3v) is 6.59. The summed E-state index contributed by atoms with van der Waals surface area (Å²) < 4.78 is 12.6. The molecule has 1 aliphatic rings. The molecule has 0 spiro atoms. The Morgan fingerprint density at radius 3 is 2.71 bits per heavy atom. The molecule has 3 rings (SSSR count). The first-order valence-electron chi connectivity index (χ1n) is 8.64. The molecule has 1 saturated heterocycles. The first-order valence-corrected chi connectivity index (χ1v) is 11.1. The van der Waals surface area contributed by atoms with Crippen molar-refractivity contribution in [2.45, 2.75) is 18.3 Å². The van der Waals surface area contributed by atoms with Crippen LogP contribution in [0.25, 0.3) is 0 Å². The highest BCUT2D eigenvalue weighted by molar-refractivity contribution is 9.10. The summed E-state index contributed by atoms with van der Waals surface area (Å²) in [4.78, 5) is 14.4. The fourth-order valence-electron chi connectivity index (χ4n) is 2.80. The van der Waals surface area contributed by atoms with Gasteiger partial charge < -0.3 is 9.47 Å². The Balaban J connectivity index is 1.71. The van der Waals surface area contributed by atoms with E-state index in [1.54, 1.807) is 12.0 Å². The number of thioether (sulfide) groups is 1. The molecular weight excluding hydrogens is 482 g/mol. The smallest absolute Gasteiger partial charge is 0.242 e. The maximum absolute atomic E-state index is 12.7. The predicted octanol–water partition coefficient (Wildman–Crippen LogP) is 5.10. The van der Waals surface area contributed by atoms with E-state index in [9.17, 15) is 4.79 Å². The van der Waals surface area contributed by atoms with Gasteiger partial charge in [-0.1, -0.05) is 63.6 Å². The van der Waals surface area contributed by atoms with Crippen molar-refractivity contribution in [1.29, 1.82) is 0 Å². The molecule has 0 radical (unpaired) electrons. The maximum atomic E-state index is 12.7. The molecule has 28 heavy (non-hydrogen) atoms. The van der Waals surface area contributed by atoms with E-state index >= 15 is 0 Å². The fraction of sp³-hybridized carbons (Fsp3) is 0.300. The Morgan fingerprint density at radius 2 is 2.00 bits per heavy atom. The van der Waals surface area contributed by atoms with Crippen LogP contribution in [0.5, 0.6) is 5.75 Å². The van der Waals surface area contributed by atoms with Gasteiger partial charge in [0.25, 0.3) is 0 Å². The van der Waals surface area contributed by atoms with Crippen LogP contribution in [0, 0.1) is 0 Å².